The first-order valence-corrected chi connectivity index (χ1v) is 6.41. The van der Waals surface area contributed by atoms with E-state index >= 15 is 0 Å². The minimum Gasteiger partial charge on any atom is -0.497 e. The molecule has 1 aromatic rings. The van der Waals surface area contributed by atoms with Crippen molar-refractivity contribution < 1.29 is 4.74 Å². The average Bonchev–Trinajstić information content (AvgIpc) is 2.58. The fraction of sp³-hybridized carbons (Fsp3) is 0.500. The second-order valence-electron chi connectivity index (χ2n) is 3.67. The quantitative estimate of drug-likeness (QED) is 0.832. The van der Waals surface area contributed by atoms with Crippen molar-refractivity contribution in [3.8, 4) is 5.75 Å². The van der Waals surface area contributed by atoms with Crippen LogP contribution in [0.5, 0.6) is 5.75 Å². The van der Waals surface area contributed by atoms with Gasteiger partial charge in [0.1, 0.15) is 5.75 Å². The molecule has 0 aromatic heterocycles. The van der Waals surface area contributed by atoms with Crippen LogP contribution in [0.2, 0.25) is 0 Å². The van der Waals surface area contributed by atoms with E-state index in [0.717, 1.165) is 18.8 Å². The molecule has 15 heavy (non-hydrogen) atoms. The van der Waals surface area contributed by atoms with Gasteiger partial charge in [0.05, 0.1) is 7.11 Å². The molecule has 0 bridgehead atoms. The number of benzene rings is 1. The molecule has 82 valence electrons. The third-order valence-corrected chi connectivity index (χ3v) is 4.02. The van der Waals surface area contributed by atoms with Gasteiger partial charge in [-0.3, -0.25) is 0 Å². The number of rotatable bonds is 2. The van der Waals surface area contributed by atoms with Crippen molar-refractivity contribution in [1.82, 2.24) is 5.32 Å². The smallest absolute Gasteiger partial charge is 0.118 e. The van der Waals surface area contributed by atoms with E-state index in [-0.39, 0.29) is 0 Å². The summed E-state index contributed by atoms with van der Waals surface area (Å²) in [5, 5.41) is 4.07. The molecule has 0 saturated carbocycles. The highest BCUT2D eigenvalue weighted by Crippen LogP contribution is 2.33. The molecule has 1 atom stereocenters. The maximum atomic E-state index is 5.16. The van der Waals surface area contributed by atoms with Crippen LogP contribution in [0.1, 0.15) is 17.2 Å². The molecule has 0 radical (unpaired) electrons. The van der Waals surface area contributed by atoms with Crippen molar-refractivity contribution in [1.29, 1.82) is 0 Å². The molecule has 1 aromatic carbocycles. The summed E-state index contributed by atoms with van der Waals surface area (Å²) < 4.78 is 5.16. The van der Waals surface area contributed by atoms with Crippen LogP contribution in [0.15, 0.2) is 24.3 Å². The summed E-state index contributed by atoms with van der Waals surface area (Å²) in [7, 11) is 1.71. The van der Waals surface area contributed by atoms with Crippen LogP contribution in [0.4, 0.5) is 0 Å². The van der Waals surface area contributed by atoms with Gasteiger partial charge in [-0.1, -0.05) is 12.1 Å². The molecular formula is C12H17NOS. The number of hydrogen-bond acceptors (Lipinski definition) is 3. The van der Waals surface area contributed by atoms with Crippen LogP contribution >= 0.6 is 11.8 Å². The summed E-state index contributed by atoms with van der Waals surface area (Å²) in [6.45, 7) is 2.26. The van der Waals surface area contributed by atoms with Crippen LogP contribution < -0.4 is 10.1 Å². The number of methoxy groups -OCH3 is 1. The van der Waals surface area contributed by atoms with Gasteiger partial charge in [0.25, 0.3) is 0 Å². The maximum absolute atomic E-state index is 5.16. The van der Waals surface area contributed by atoms with Crippen molar-refractivity contribution in [2.45, 2.75) is 11.7 Å². The lowest BCUT2D eigenvalue weighted by Gasteiger charge is -2.13. The second kappa shape index (κ2) is 5.42. The van der Waals surface area contributed by atoms with Gasteiger partial charge in [-0.2, -0.15) is 11.8 Å². The van der Waals surface area contributed by atoms with E-state index in [0.29, 0.717) is 5.25 Å². The third-order valence-electron chi connectivity index (χ3n) is 2.67. The Morgan fingerprint density at radius 1 is 1.27 bits per heavy atom. The molecule has 0 unspecified atom stereocenters. The SMILES string of the molecule is COc1ccc([C@H]2CCNCCS2)cc1. The van der Waals surface area contributed by atoms with E-state index in [2.05, 4.69) is 17.4 Å². The van der Waals surface area contributed by atoms with E-state index in [1.807, 2.05) is 23.9 Å². The van der Waals surface area contributed by atoms with Gasteiger partial charge in [-0.15, -0.1) is 0 Å². The molecule has 1 heterocycles. The van der Waals surface area contributed by atoms with Crippen molar-refractivity contribution >= 4 is 11.8 Å². The van der Waals surface area contributed by atoms with Crippen molar-refractivity contribution in [3.63, 3.8) is 0 Å². The Morgan fingerprint density at radius 2 is 2.07 bits per heavy atom. The first-order chi connectivity index (χ1) is 7.40. The van der Waals surface area contributed by atoms with E-state index in [1.54, 1.807) is 7.11 Å². The Bertz CT molecular complexity index is 291. The lowest BCUT2D eigenvalue weighted by atomic mass is 10.1. The molecular weight excluding hydrogens is 206 g/mol. The Hall–Kier alpha value is -0.670. The summed E-state index contributed by atoms with van der Waals surface area (Å²) in [6, 6.07) is 8.46. The lowest BCUT2D eigenvalue weighted by Crippen LogP contribution is -2.15. The number of hydrogen-bond donors (Lipinski definition) is 1. The summed E-state index contributed by atoms with van der Waals surface area (Å²) in [5.74, 6) is 2.15. The minimum absolute atomic E-state index is 0.644. The highest BCUT2D eigenvalue weighted by atomic mass is 32.2. The molecule has 1 saturated heterocycles. The van der Waals surface area contributed by atoms with Crippen LogP contribution in [-0.4, -0.2) is 26.0 Å². The lowest BCUT2D eigenvalue weighted by molar-refractivity contribution is 0.414. The fourth-order valence-corrected chi connectivity index (χ4v) is 2.98. The number of thioether (sulfide) groups is 1. The predicted molar refractivity (Wildman–Crippen MR) is 65.7 cm³/mol. The molecule has 3 heteroatoms. The van der Waals surface area contributed by atoms with Gasteiger partial charge in [0, 0.05) is 17.5 Å². The Kier molecular flexibility index (Phi) is 3.92. The predicted octanol–water partition coefficient (Wildman–Crippen LogP) is 2.46. The topological polar surface area (TPSA) is 21.3 Å². The zero-order valence-corrected chi connectivity index (χ0v) is 9.85. The standard InChI is InChI=1S/C12H17NOS/c1-14-11-4-2-10(3-5-11)12-6-7-13-8-9-15-12/h2-5,12-13H,6-9H2,1H3/t12-/m1/s1. The van der Waals surface area contributed by atoms with Crippen LogP contribution in [0.3, 0.4) is 0 Å². The molecule has 0 aliphatic carbocycles. The van der Waals surface area contributed by atoms with Crippen LogP contribution in [-0.2, 0) is 0 Å². The summed E-state index contributed by atoms with van der Waals surface area (Å²) in [5.41, 5.74) is 1.42. The van der Waals surface area contributed by atoms with E-state index in [4.69, 9.17) is 4.74 Å². The van der Waals surface area contributed by atoms with Gasteiger partial charge < -0.3 is 10.1 Å². The molecule has 0 spiro atoms. The molecule has 1 fully saturated rings. The maximum Gasteiger partial charge on any atom is 0.118 e. The molecule has 2 nitrogen and oxygen atoms in total. The van der Waals surface area contributed by atoms with Gasteiger partial charge in [-0.05, 0) is 30.7 Å². The van der Waals surface area contributed by atoms with E-state index in [9.17, 15) is 0 Å². The van der Waals surface area contributed by atoms with Crippen molar-refractivity contribution in [2.24, 2.45) is 0 Å². The highest BCUT2D eigenvalue weighted by Gasteiger charge is 2.14. The third kappa shape index (κ3) is 2.89. The molecule has 1 aliphatic heterocycles. The average molecular weight is 223 g/mol. The highest BCUT2D eigenvalue weighted by molar-refractivity contribution is 7.99. The Morgan fingerprint density at radius 3 is 2.80 bits per heavy atom. The first-order valence-electron chi connectivity index (χ1n) is 5.36. The summed E-state index contributed by atoms with van der Waals surface area (Å²) in [4.78, 5) is 0. The molecule has 0 amide bonds. The largest absolute Gasteiger partial charge is 0.497 e. The second-order valence-corrected chi connectivity index (χ2v) is 4.98. The van der Waals surface area contributed by atoms with E-state index in [1.165, 1.54) is 17.7 Å². The molecule has 1 N–H and O–H groups in total. The van der Waals surface area contributed by atoms with E-state index < -0.39 is 0 Å². The summed E-state index contributed by atoms with van der Waals surface area (Å²) >= 11 is 2.05. The number of nitrogens with one attached hydrogen (secondary N) is 1. The van der Waals surface area contributed by atoms with Gasteiger partial charge in [-0.25, -0.2) is 0 Å². The Labute approximate surface area is 95.4 Å². The monoisotopic (exact) mass is 223 g/mol. The van der Waals surface area contributed by atoms with Gasteiger partial charge >= 0.3 is 0 Å². The molecule has 1 aliphatic rings. The normalized spacial score (nSPS) is 22.1. The number of ether oxygens (including phenoxy) is 1. The zero-order chi connectivity index (χ0) is 10.5. The summed E-state index contributed by atoms with van der Waals surface area (Å²) in [6.07, 6.45) is 1.22. The first kappa shape index (κ1) is 10.8. The van der Waals surface area contributed by atoms with Crippen molar-refractivity contribution in [3.05, 3.63) is 29.8 Å². The van der Waals surface area contributed by atoms with Crippen LogP contribution in [0.25, 0.3) is 0 Å². The van der Waals surface area contributed by atoms with Gasteiger partial charge in [0.2, 0.25) is 0 Å². The molecule has 2 rings (SSSR count). The Balaban J connectivity index is 2.06. The minimum atomic E-state index is 0.644. The van der Waals surface area contributed by atoms with Crippen LogP contribution in [0, 0.1) is 0 Å². The zero-order valence-electron chi connectivity index (χ0n) is 9.03. The van der Waals surface area contributed by atoms with Gasteiger partial charge in [0.15, 0.2) is 0 Å². The fourth-order valence-electron chi connectivity index (χ4n) is 1.80. The van der Waals surface area contributed by atoms with Crippen molar-refractivity contribution in [2.75, 3.05) is 26.0 Å².